The van der Waals surface area contributed by atoms with Crippen LogP contribution in [0.2, 0.25) is 0 Å². The molecule has 0 amide bonds. The van der Waals surface area contributed by atoms with Gasteiger partial charge in [-0.15, -0.1) is 0 Å². The monoisotopic (exact) mass is 254 g/mol. The third-order valence-corrected chi connectivity index (χ3v) is 2.08. The molecule has 0 bridgehead atoms. The van der Waals surface area contributed by atoms with Crippen LogP contribution >= 0.6 is 0 Å². The number of hydrogen-bond acceptors (Lipinski definition) is 2. The number of benzene rings is 1. The van der Waals surface area contributed by atoms with Crippen molar-refractivity contribution in [2.75, 3.05) is 0 Å². The number of aromatic nitrogens is 2. The predicted molar refractivity (Wildman–Crippen MR) is 84.1 cm³/mol. The highest BCUT2D eigenvalue weighted by Gasteiger charge is 1.86. The molecule has 0 fully saturated rings. The van der Waals surface area contributed by atoms with Crippen molar-refractivity contribution in [3.63, 3.8) is 0 Å². The van der Waals surface area contributed by atoms with E-state index in [0.717, 1.165) is 5.52 Å². The van der Waals surface area contributed by atoms with Crippen LogP contribution in [0.5, 0.6) is 0 Å². The first-order valence-electron chi connectivity index (χ1n) is 6.11. The standard InChI is InChI=1S/C9H7N.C5H5N.C2H6.CH4/c1-2-6-9-8(4-1)5-3-7-10-9;1-2-4-6-5-3-1;1-2;/h1-7H;1-5H;1-2H3;1H4. The molecule has 2 heterocycles. The van der Waals surface area contributed by atoms with Gasteiger partial charge in [0.15, 0.2) is 0 Å². The van der Waals surface area contributed by atoms with Gasteiger partial charge in [0.2, 0.25) is 0 Å². The third kappa shape index (κ3) is 6.32. The molecule has 1 aromatic carbocycles. The van der Waals surface area contributed by atoms with Crippen LogP contribution in [0.4, 0.5) is 0 Å². The Hall–Kier alpha value is -2.22. The highest BCUT2D eigenvalue weighted by molar-refractivity contribution is 5.77. The average molecular weight is 254 g/mol. The van der Waals surface area contributed by atoms with E-state index in [1.165, 1.54) is 5.39 Å². The first kappa shape index (κ1) is 16.8. The maximum atomic E-state index is 4.18. The van der Waals surface area contributed by atoms with Crippen LogP contribution < -0.4 is 0 Å². The van der Waals surface area contributed by atoms with E-state index in [9.17, 15) is 0 Å². The van der Waals surface area contributed by atoms with Gasteiger partial charge in [0.05, 0.1) is 5.52 Å². The highest BCUT2D eigenvalue weighted by Crippen LogP contribution is 2.07. The van der Waals surface area contributed by atoms with Crippen LogP contribution in [-0.4, -0.2) is 9.97 Å². The minimum atomic E-state index is 0. The minimum Gasteiger partial charge on any atom is -0.265 e. The lowest BCUT2D eigenvalue weighted by molar-refractivity contribution is 1.33. The van der Waals surface area contributed by atoms with E-state index in [-0.39, 0.29) is 7.43 Å². The van der Waals surface area contributed by atoms with E-state index in [1.807, 2.05) is 62.5 Å². The van der Waals surface area contributed by atoms with Crippen molar-refractivity contribution in [3.05, 3.63) is 73.2 Å². The van der Waals surface area contributed by atoms with Crippen LogP contribution in [0.1, 0.15) is 21.3 Å². The molecule has 3 aromatic rings. The van der Waals surface area contributed by atoms with Crippen LogP contribution in [-0.2, 0) is 0 Å². The largest absolute Gasteiger partial charge is 0.265 e. The van der Waals surface area contributed by atoms with Gasteiger partial charge in [-0.1, -0.05) is 51.6 Å². The lowest BCUT2D eigenvalue weighted by Crippen LogP contribution is -1.73. The molecule has 3 rings (SSSR count). The van der Waals surface area contributed by atoms with E-state index < -0.39 is 0 Å². The molecule has 2 nitrogen and oxygen atoms in total. The van der Waals surface area contributed by atoms with Crippen LogP contribution in [0, 0.1) is 0 Å². The zero-order valence-corrected chi connectivity index (χ0v) is 10.8. The Labute approximate surface area is 116 Å². The maximum absolute atomic E-state index is 4.18. The molecule has 0 spiro atoms. The minimum absolute atomic E-state index is 0. The summed E-state index contributed by atoms with van der Waals surface area (Å²) in [6, 6.07) is 17.8. The number of pyridine rings is 2. The summed E-state index contributed by atoms with van der Waals surface area (Å²) in [5.74, 6) is 0. The topological polar surface area (TPSA) is 25.8 Å². The SMILES string of the molecule is C.CC.c1ccc2ncccc2c1.c1ccncc1. The number of fused-ring (bicyclic) bond motifs is 1. The van der Waals surface area contributed by atoms with Gasteiger partial charge in [-0.05, 0) is 24.3 Å². The number of hydrogen-bond donors (Lipinski definition) is 0. The zero-order chi connectivity index (χ0) is 13.1. The molecule has 0 aliphatic carbocycles. The number of para-hydroxylation sites is 1. The lowest BCUT2D eigenvalue weighted by Gasteiger charge is -1.91. The average Bonchev–Trinajstić information content (AvgIpc) is 2.52. The van der Waals surface area contributed by atoms with Crippen molar-refractivity contribution < 1.29 is 0 Å². The summed E-state index contributed by atoms with van der Waals surface area (Å²) < 4.78 is 0. The van der Waals surface area contributed by atoms with Crippen molar-refractivity contribution in [1.82, 2.24) is 9.97 Å². The summed E-state index contributed by atoms with van der Waals surface area (Å²) in [4.78, 5) is 7.97. The molecule has 0 aliphatic rings. The highest BCUT2D eigenvalue weighted by atomic mass is 14.6. The van der Waals surface area contributed by atoms with Gasteiger partial charge < -0.3 is 0 Å². The second-order valence-electron chi connectivity index (χ2n) is 3.22. The number of rotatable bonds is 0. The molecule has 0 radical (unpaired) electrons. The van der Waals surface area contributed by atoms with E-state index in [1.54, 1.807) is 12.4 Å². The van der Waals surface area contributed by atoms with Crippen molar-refractivity contribution in [3.8, 4) is 0 Å². The second-order valence-corrected chi connectivity index (χ2v) is 3.22. The summed E-state index contributed by atoms with van der Waals surface area (Å²) in [6.45, 7) is 4.00. The van der Waals surface area contributed by atoms with E-state index in [2.05, 4.69) is 22.1 Å². The van der Waals surface area contributed by atoms with Crippen molar-refractivity contribution in [2.24, 2.45) is 0 Å². The fourth-order valence-electron chi connectivity index (χ4n) is 1.33. The molecule has 2 heteroatoms. The molecule has 0 N–H and O–H groups in total. The summed E-state index contributed by atoms with van der Waals surface area (Å²) >= 11 is 0. The van der Waals surface area contributed by atoms with E-state index in [4.69, 9.17) is 0 Å². The van der Waals surface area contributed by atoms with Gasteiger partial charge in [0.25, 0.3) is 0 Å². The van der Waals surface area contributed by atoms with Crippen molar-refractivity contribution in [2.45, 2.75) is 21.3 Å². The molecule has 19 heavy (non-hydrogen) atoms. The molecule has 100 valence electrons. The quantitative estimate of drug-likeness (QED) is 0.565. The summed E-state index contributed by atoms with van der Waals surface area (Å²) in [5, 5.41) is 1.20. The third-order valence-electron chi connectivity index (χ3n) is 2.08. The molecular formula is C17H22N2. The van der Waals surface area contributed by atoms with Crippen LogP contribution in [0.15, 0.2) is 73.2 Å². The summed E-state index contributed by atoms with van der Waals surface area (Å²) in [5.41, 5.74) is 1.06. The van der Waals surface area contributed by atoms with Crippen LogP contribution in [0.3, 0.4) is 0 Å². The van der Waals surface area contributed by atoms with Gasteiger partial charge in [0, 0.05) is 24.0 Å². The molecule has 0 atom stereocenters. The Morgan fingerprint density at radius 1 is 0.684 bits per heavy atom. The van der Waals surface area contributed by atoms with Crippen molar-refractivity contribution in [1.29, 1.82) is 0 Å². The van der Waals surface area contributed by atoms with Crippen molar-refractivity contribution >= 4 is 10.9 Å². The Bertz CT molecular complexity index is 444. The van der Waals surface area contributed by atoms with Gasteiger partial charge in [0.1, 0.15) is 0 Å². The number of nitrogens with zero attached hydrogens (tertiary/aromatic N) is 2. The first-order chi connectivity index (χ1) is 8.97. The Balaban J connectivity index is 0.000000314. The fourth-order valence-corrected chi connectivity index (χ4v) is 1.33. The Morgan fingerprint density at radius 2 is 1.32 bits per heavy atom. The van der Waals surface area contributed by atoms with Crippen LogP contribution in [0.25, 0.3) is 10.9 Å². The predicted octanol–water partition coefficient (Wildman–Crippen LogP) is 4.98. The molecule has 0 unspecified atom stereocenters. The summed E-state index contributed by atoms with van der Waals surface area (Å²) in [7, 11) is 0. The molecule has 0 saturated carbocycles. The second kappa shape index (κ2) is 10.9. The van der Waals surface area contributed by atoms with E-state index >= 15 is 0 Å². The molecular weight excluding hydrogens is 232 g/mol. The van der Waals surface area contributed by atoms with Gasteiger partial charge in [-0.3, -0.25) is 9.97 Å². The normalized spacial score (nSPS) is 8.11. The zero-order valence-electron chi connectivity index (χ0n) is 10.8. The van der Waals surface area contributed by atoms with E-state index in [0.29, 0.717) is 0 Å². The summed E-state index contributed by atoms with van der Waals surface area (Å²) in [6.07, 6.45) is 5.31. The molecule has 2 aromatic heterocycles. The maximum Gasteiger partial charge on any atom is 0.0701 e. The Kier molecular flexibility index (Phi) is 9.63. The Morgan fingerprint density at radius 3 is 1.84 bits per heavy atom. The fraction of sp³-hybridized carbons (Fsp3) is 0.176. The molecule has 0 saturated heterocycles. The smallest absolute Gasteiger partial charge is 0.0701 e. The van der Waals surface area contributed by atoms with Gasteiger partial charge >= 0.3 is 0 Å². The first-order valence-corrected chi connectivity index (χ1v) is 6.11. The molecule has 0 aliphatic heterocycles. The van der Waals surface area contributed by atoms with Gasteiger partial charge in [-0.2, -0.15) is 0 Å². The lowest BCUT2D eigenvalue weighted by atomic mass is 10.2. The van der Waals surface area contributed by atoms with Gasteiger partial charge in [-0.25, -0.2) is 0 Å².